The molecule has 0 unspecified atom stereocenters. The number of carbonyl (C=O) groups is 2. The number of hydrogen-bond donors (Lipinski definition) is 1. The monoisotopic (exact) mass is 705 g/mol. The zero-order valence-corrected chi connectivity index (χ0v) is 30.6. The topological polar surface area (TPSA) is 105 Å². The maximum atomic E-state index is 14.8. The first-order chi connectivity index (χ1) is 23.1. The highest BCUT2D eigenvalue weighted by Gasteiger charge is 2.36. The van der Waals surface area contributed by atoms with Crippen LogP contribution in [0.3, 0.4) is 0 Å². The third-order valence-electron chi connectivity index (χ3n) is 7.78. The fraction of sp³-hybridized carbons (Fsp3) is 0.316. The molecule has 0 bridgehead atoms. The Labute approximate surface area is 294 Å². The number of aryl methyl sites for hydroxylation is 2. The smallest absolute Gasteiger partial charge is 0.264 e. The molecule has 4 rings (SSSR count). The van der Waals surface area contributed by atoms with Crippen molar-refractivity contribution in [1.82, 2.24) is 10.2 Å². The number of ether oxygens (including phenoxy) is 2. The Kier molecular flexibility index (Phi) is 12.0. The number of halogens is 1. The molecule has 0 aliphatic rings. The summed E-state index contributed by atoms with van der Waals surface area (Å²) in [6, 6.07) is 25.1. The van der Waals surface area contributed by atoms with Gasteiger partial charge in [-0.15, -0.1) is 0 Å². The standard InChI is InChI=1S/C38H44ClN3O6S/c1-26-19-27(2)21-30(20-26)42(49(45,46)31-17-18-34(47-6)35(23-31)48-7)25-36(43)41(24-29-15-11-12-16-32(29)39)33(37(44)40-38(3,4)5)22-28-13-9-8-10-14-28/h8-21,23,33H,22,24-25H2,1-7H3,(H,40,44)/t33-/m0/s1. The van der Waals surface area contributed by atoms with E-state index in [1.807, 2.05) is 71.0 Å². The minimum atomic E-state index is -4.36. The molecule has 1 N–H and O–H groups in total. The van der Waals surface area contributed by atoms with E-state index in [0.29, 0.717) is 22.0 Å². The van der Waals surface area contributed by atoms with Gasteiger partial charge in [0.25, 0.3) is 10.0 Å². The van der Waals surface area contributed by atoms with Gasteiger partial charge in [-0.1, -0.05) is 66.2 Å². The Bertz CT molecular complexity index is 1870. The van der Waals surface area contributed by atoms with E-state index in [-0.39, 0.29) is 29.5 Å². The number of hydrogen-bond acceptors (Lipinski definition) is 6. The van der Waals surface area contributed by atoms with Crippen molar-refractivity contribution in [2.75, 3.05) is 25.1 Å². The van der Waals surface area contributed by atoms with Crippen LogP contribution in [0.25, 0.3) is 0 Å². The summed E-state index contributed by atoms with van der Waals surface area (Å²) in [6.07, 6.45) is 0.185. The van der Waals surface area contributed by atoms with Crippen LogP contribution in [0.5, 0.6) is 11.5 Å². The number of sulfonamides is 1. The third kappa shape index (κ3) is 9.55. The van der Waals surface area contributed by atoms with Gasteiger partial charge < -0.3 is 19.7 Å². The van der Waals surface area contributed by atoms with Crippen LogP contribution in [0.2, 0.25) is 5.02 Å². The molecule has 49 heavy (non-hydrogen) atoms. The first kappa shape index (κ1) is 37.3. The molecule has 2 amide bonds. The SMILES string of the molecule is COc1ccc(S(=O)(=O)N(CC(=O)N(Cc2ccccc2Cl)[C@@H](Cc2ccccc2)C(=O)NC(C)(C)C)c2cc(C)cc(C)c2)cc1OC. The zero-order valence-electron chi connectivity index (χ0n) is 29.0. The van der Waals surface area contributed by atoms with Gasteiger partial charge in [-0.05, 0) is 87.2 Å². The number of benzene rings is 4. The highest BCUT2D eigenvalue weighted by atomic mass is 35.5. The van der Waals surface area contributed by atoms with E-state index in [2.05, 4.69) is 5.32 Å². The highest BCUT2D eigenvalue weighted by Crippen LogP contribution is 2.33. The number of nitrogens with one attached hydrogen (secondary N) is 1. The second-order valence-electron chi connectivity index (χ2n) is 12.9. The molecule has 0 aromatic heterocycles. The van der Waals surface area contributed by atoms with E-state index in [9.17, 15) is 18.0 Å². The molecule has 0 saturated heterocycles. The number of nitrogens with zero attached hydrogens (tertiary/aromatic N) is 2. The maximum absolute atomic E-state index is 14.8. The summed E-state index contributed by atoms with van der Waals surface area (Å²) in [5.41, 5.74) is 2.77. The van der Waals surface area contributed by atoms with Gasteiger partial charge in [0.1, 0.15) is 12.6 Å². The van der Waals surface area contributed by atoms with Crippen LogP contribution in [0.4, 0.5) is 5.69 Å². The molecule has 0 spiro atoms. The third-order valence-corrected chi connectivity index (χ3v) is 9.92. The molecule has 4 aromatic carbocycles. The van der Waals surface area contributed by atoms with Crippen molar-refractivity contribution in [2.24, 2.45) is 0 Å². The number of methoxy groups -OCH3 is 2. The first-order valence-corrected chi connectivity index (χ1v) is 17.7. The van der Waals surface area contributed by atoms with E-state index in [4.69, 9.17) is 21.1 Å². The number of anilines is 1. The van der Waals surface area contributed by atoms with E-state index in [1.165, 1.54) is 37.3 Å². The fourth-order valence-corrected chi connectivity index (χ4v) is 7.15. The lowest BCUT2D eigenvalue weighted by molar-refractivity contribution is -0.140. The van der Waals surface area contributed by atoms with Crippen LogP contribution < -0.4 is 19.1 Å². The largest absolute Gasteiger partial charge is 0.493 e. The van der Waals surface area contributed by atoms with Crippen molar-refractivity contribution in [2.45, 2.75) is 64.1 Å². The van der Waals surface area contributed by atoms with Crippen molar-refractivity contribution in [3.63, 3.8) is 0 Å². The molecule has 4 aromatic rings. The number of rotatable bonds is 13. The molecule has 0 radical (unpaired) electrons. The molecule has 0 heterocycles. The van der Waals surface area contributed by atoms with E-state index >= 15 is 0 Å². The van der Waals surface area contributed by atoms with Crippen molar-refractivity contribution >= 4 is 39.1 Å². The summed E-state index contributed by atoms with van der Waals surface area (Å²) in [5, 5.41) is 3.45. The first-order valence-electron chi connectivity index (χ1n) is 15.8. The van der Waals surface area contributed by atoms with Gasteiger partial charge in [0.05, 0.1) is 24.8 Å². The summed E-state index contributed by atoms with van der Waals surface area (Å²) >= 11 is 6.60. The Morgan fingerprint density at radius 1 is 0.837 bits per heavy atom. The average Bonchev–Trinajstić information content (AvgIpc) is 3.04. The van der Waals surface area contributed by atoms with Crippen molar-refractivity contribution in [3.05, 3.63) is 118 Å². The molecular formula is C38H44ClN3O6S. The number of carbonyl (C=O) groups excluding carboxylic acids is 2. The summed E-state index contributed by atoms with van der Waals surface area (Å²) in [5.74, 6) is -0.391. The summed E-state index contributed by atoms with van der Waals surface area (Å²) in [7, 11) is -1.49. The van der Waals surface area contributed by atoms with E-state index in [0.717, 1.165) is 21.0 Å². The molecule has 0 aliphatic heterocycles. The minimum absolute atomic E-state index is 0.0370. The summed E-state index contributed by atoms with van der Waals surface area (Å²) in [4.78, 5) is 30.2. The zero-order chi connectivity index (χ0) is 35.9. The van der Waals surface area contributed by atoms with Crippen molar-refractivity contribution < 1.29 is 27.5 Å². The Morgan fingerprint density at radius 2 is 1.45 bits per heavy atom. The van der Waals surface area contributed by atoms with Gasteiger partial charge in [-0.25, -0.2) is 8.42 Å². The number of amides is 2. The molecular weight excluding hydrogens is 662 g/mol. The second kappa shape index (κ2) is 15.8. The van der Waals surface area contributed by atoms with Crippen molar-refractivity contribution in [3.8, 4) is 11.5 Å². The van der Waals surface area contributed by atoms with Crippen LogP contribution in [-0.4, -0.2) is 57.5 Å². The summed E-state index contributed by atoms with van der Waals surface area (Å²) < 4.78 is 40.9. The quantitative estimate of drug-likeness (QED) is 0.166. The lowest BCUT2D eigenvalue weighted by Gasteiger charge is -2.35. The lowest BCUT2D eigenvalue weighted by atomic mass is 10.0. The van der Waals surface area contributed by atoms with Gasteiger partial charge in [0.15, 0.2) is 11.5 Å². The Morgan fingerprint density at radius 3 is 2.04 bits per heavy atom. The predicted molar refractivity (Wildman–Crippen MR) is 194 cm³/mol. The summed E-state index contributed by atoms with van der Waals surface area (Å²) in [6.45, 7) is 8.67. The van der Waals surface area contributed by atoms with Crippen LogP contribution in [0, 0.1) is 13.8 Å². The molecule has 0 aliphatic carbocycles. The second-order valence-corrected chi connectivity index (χ2v) is 15.2. The fourth-order valence-electron chi connectivity index (χ4n) is 5.54. The normalized spacial score (nSPS) is 12.2. The van der Waals surface area contributed by atoms with Gasteiger partial charge in [-0.3, -0.25) is 13.9 Å². The van der Waals surface area contributed by atoms with Gasteiger partial charge >= 0.3 is 0 Å². The van der Waals surface area contributed by atoms with E-state index < -0.39 is 34.1 Å². The van der Waals surface area contributed by atoms with E-state index in [1.54, 1.807) is 36.4 Å². The average molecular weight is 706 g/mol. The lowest BCUT2D eigenvalue weighted by Crippen LogP contribution is -2.56. The molecule has 9 nitrogen and oxygen atoms in total. The van der Waals surface area contributed by atoms with Crippen LogP contribution >= 0.6 is 11.6 Å². The van der Waals surface area contributed by atoms with Crippen molar-refractivity contribution in [1.29, 1.82) is 0 Å². The van der Waals surface area contributed by atoms with Gasteiger partial charge in [0, 0.05) is 29.6 Å². The van der Waals surface area contributed by atoms with Crippen LogP contribution in [-0.2, 0) is 32.6 Å². The molecule has 0 fully saturated rings. The highest BCUT2D eigenvalue weighted by molar-refractivity contribution is 7.92. The maximum Gasteiger partial charge on any atom is 0.264 e. The molecule has 260 valence electrons. The van der Waals surface area contributed by atoms with Crippen LogP contribution in [0.1, 0.15) is 43.0 Å². The minimum Gasteiger partial charge on any atom is -0.493 e. The predicted octanol–water partition coefficient (Wildman–Crippen LogP) is 6.72. The van der Waals surface area contributed by atoms with Crippen LogP contribution in [0.15, 0.2) is 95.9 Å². The van der Waals surface area contributed by atoms with Gasteiger partial charge in [0.2, 0.25) is 11.8 Å². The Hall–Kier alpha value is -4.54. The molecule has 11 heteroatoms. The van der Waals surface area contributed by atoms with Gasteiger partial charge in [-0.2, -0.15) is 0 Å². The Balaban J connectivity index is 1.88. The molecule has 0 saturated carbocycles. The molecule has 1 atom stereocenters.